The summed E-state index contributed by atoms with van der Waals surface area (Å²) in [6.07, 6.45) is 2.00. The quantitative estimate of drug-likeness (QED) is 0.441. The molecule has 3 atom stereocenters. The van der Waals surface area contributed by atoms with E-state index in [0.717, 1.165) is 43.4 Å². The molecular formula is C19H28F2N6O2S2. The van der Waals surface area contributed by atoms with Gasteiger partial charge in [-0.05, 0) is 43.2 Å². The van der Waals surface area contributed by atoms with Crippen LogP contribution in [-0.2, 0) is 10.0 Å². The summed E-state index contributed by atoms with van der Waals surface area (Å²) < 4.78 is 59.7. The standard InChI is InChI=1S/C19H28F2N6O2S2/c1-11(22)12(4-13-8-23-9-19(13,2)3)7-24-16-5-15(21)17(6-14(16)20)31(28,29)27-18-25-10-26-30-18/h5-6,10-13,23-24H,4,7-9,22H2,1-3H3,(H,25,26,27)/t11-,12?,13?/m1/s1. The fraction of sp³-hybridized carbons (Fsp3) is 0.579. The van der Waals surface area contributed by atoms with E-state index >= 15 is 0 Å². The third kappa shape index (κ3) is 5.68. The lowest BCUT2D eigenvalue weighted by atomic mass is 9.76. The van der Waals surface area contributed by atoms with Gasteiger partial charge in [0.2, 0.25) is 5.13 Å². The molecule has 0 amide bonds. The molecule has 0 bridgehead atoms. The molecule has 1 aromatic carbocycles. The van der Waals surface area contributed by atoms with Gasteiger partial charge in [0.15, 0.2) is 0 Å². The van der Waals surface area contributed by atoms with Crippen LogP contribution < -0.4 is 21.1 Å². The van der Waals surface area contributed by atoms with Crippen molar-refractivity contribution in [3.63, 3.8) is 0 Å². The van der Waals surface area contributed by atoms with Crippen LogP contribution in [0.3, 0.4) is 0 Å². The summed E-state index contributed by atoms with van der Waals surface area (Å²) >= 11 is 0.788. The van der Waals surface area contributed by atoms with Gasteiger partial charge in [-0.25, -0.2) is 22.2 Å². The van der Waals surface area contributed by atoms with Crippen molar-refractivity contribution in [3.8, 4) is 0 Å². The van der Waals surface area contributed by atoms with Crippen molar-refractivity contribution in [3.05, 3.63) is 30.1 Å². The molecule has 1 fully saturated rings. The van der Waals surface area contributed by atoms with E-state index in [1.807, 2.05) is 6.92 Å². The summed E-state index contributed by atoms with van der Waals surface area (Å²) in [4.78, 5) is 2.89. The number of hydrogen-bond acceptors (Lipinski definition) is 8. The normalized spacial score (nSPS) is 20.4. The zero-order chi connectivity index (χ0) is 22.8. The van der Waals surface area contributed by atoms with Crippen molar-refractivity contribution in [2.45, 2.75) is 38.1 Å². The molecule has 8 nitrogen and oxygen atoms in total. The first kappa shape index (κ1) is 23.8. The Morgan fingerprint density at radius 3 is 2.68 bits per heavy atom. The minimum atomic E-state index is -4.34. The minimum Gasteiger partial charge on any atom is -0.382 e. The molecule has 172 valence electrons. The molecule has 0 radical (unpaired) electrons. The number of nitrogens with two attached hydrogens (primary N) is 1. The SMILES string of the molecule is C[C@@H](N)C(CNc1cc(F)c(S(=O)(=O)Nc2ncns2)cc1F)CC1CNCC1(C)C. The van der Waals surface area contributed by atoms with E-state index < -0.39 is 26.6 Å². The van der Waals surface area contributed by atoms with Crippen LogP contribution in [0.25, 0.3) is 0 Å². The first-order valence-corrected chi connectivity index (χ1v) is 12.2. The van der Waals surface area contributed by atoms with Crippen molar-refractivity contribution in [2.75, 3.05) is 29.7 Å². The van der Waals surface area contributed by atoms with E-state index in [2.05, 4.69) is 38.6 Å². The Hall–Kier alpha value is -1.89. The summed E-state index contributed by atoms with van der Waals surface area (Å²) in [7, 11) is -4.34. The highest BCUT2D eigenvalue weighted by Gasteiger charge is 2.36. The highest BCUT2D eigenvalue weighted by Crippen LogP contribution is 2.35. The van der Waals surface area contributed by atoms with Crippen LogP contribution in [0.4, 0.5) is 19.6 Å². The number of hydrogen-bond donors (Lipinski definition) is 4. The zero-order valence-electron chi connectivity index (χ0n) is 17.7. The smallest absolute Gasteiger partial charge is 0.266 e. The third-order valence-electron chi connectivity index (χ3n) is 5.86. The van der Waals surface area contributed by atoms with Crippen LogP contribution in [-0.4, -0.2) is 43.5 Å². The highest BCUT2D eigenvalue weighted by atomic mass is 32.2. The lowest BCUT2D eigenvalue weighted by Gasteiger charge is -2.31. The average Bonchev–Trinajstić information content (AvgIpc) is 3.29. The number of rotatable bonds is 9. The molecule has 3 rings (SSSR count). The molecular weight excluding hydrogens is 446 g/mol. The number of aromatic nitrogens is 2. The molecule has 31 heavy (non-hydrogen) atoms. The monoisotopic (exact) mass is 474 g/mol. The van der Waals surface area contributed by atoms with Gasteiger partial charge in [0, 0.05) is 36.7 Å². The fourth-order valence-corrected chi connectivity index (χ4v) is 5.47. The van der Waals surface area contributed by atoms with Crippen molar-refractivity contribution >= 4 is 32.4 Å². The van der Waals surface area contributed by atoms with Crippen molar-refractivity contribution in [1.82, 2.24) is 14.7 Å². The molecule has 1 saturated heterocycles. The van der Waals surface area contributed by atoms with Crippen LogP contribution in [0.2, 0.25) is 0 Å². The molecule has 0 aliphatic carbocycles. The Balaban J connectivity index is 1.72. The van der Waals surface area contributed by atoms with Gasteiger partial charge >= 0.3 is 0 Å². The Bertz CT molecular complexity index is 999. The summed E-state index contributed by atoms with van der Waals surface area (Å²) in [6, 6.07) is 1.36. The van der Waals surface area contributed by atoms with Crippen molar-refractivity contribution in [1.29, 1.82) is 0 Å². The molecule has 12 heteroatoms. The van der Waals surface area contributed by atoms with Crippen LogP contribution in [0.15, 0.2) is 23.4 Å². The Kier molecular flexibility index (Phi) is 7.14. The van der Waals surface area contributed by atoms with Crippen molar-refractivity contribution < 1.29 is 17.2 Å². The van der Waals surface area contributed by atoms with Crippen LogP contribution in [0, 0.1) is 28.9 Å². The largest absolute Gasteiger partial charge is 0.382 e. The second-order valence-corrected chi connectivity index (χ2v) is 11.1. The summed E-state index contributed by atoms with van der Waals surface area (Å²) in [5.41, 5.74) is 6.19. The molecule has 5 N–H and O–H groups in total. The number of sulfonamides is 1. The number of benzene rings is 1. The fourth-order valence-electron chi connectivity index (χ4n) is 3.74. The maximum Gasteiger partial charge on any atom is 0.266 e. The first-order chi connectivity index (χ1) is 14.5. The second kappa shape index (κ2) is 9.31. The minimum absolute atomic E-state index is 0.0360. The Morgan fingerprint density at radius 1 is 1.35 bits per heavy atom. The predicted molar refractivity (Wildman–Crippen MR) is 117 cm³/mol. The molecule has 2 heterocycles. The van der Waals surface area contributed by atoms with E-state index in [4.69, 9.17) is 5.73 Å². The lowest BCUT2D eigenvalue weighted by molar-refractivity contribution is 0.229. The number of nitrogens with zero attached hydrogens (tertiary/aromatic N) is 2. The van der Waals surface area contributed by atoms with Crippen molar-refractivity contribution in [2.24, 2.45) is 23.0 Å². The molecule has 2 unspecified atom stereocenters. The predicted octanol–water partition coefficient (Wildman–Crippen LogP) is 2.63. The van der Waals surface area contributed by atoms with Gasteiger partial charge in [-0.2, -0.15) is 4.37 Å². The lowest BCUT2D eigenvalue weighted by Crippen LogP contribution is -2.36. The van der Waals surface area contributed by atoms with Gasteiger partial charge in [-0.3, -0.25) is 4.72 Å². The number of anilines is 2. The van der Waals surface area contributed by atoms with Gasteiger partial charge < -0.3 is 16.4 Å². The molecule has 1 aliphatic rings. The maximum atomic E-state index is 14.6. The third-order valence-corrected chi connectivity index (χ3v) is 7.92. The maximum absolute atomic E-state index is 14.6. The van der Waals surface area contributed by atoms with E-state index in [9.17, 15) is 17.2 Å². The molecule has 0 saturated carbocycles. The molecule has 0 spiro atoms. The average molecular weight is 475 g/mol. The number of halogens is 2. The van der Waals surface area contributed by atoms with E-state index in [0.29, 0.717) is 18.5 Å². The van der Waals surface area contributed by atoms with Gasteiger partial charge in [-0.1, -0.05) is 13.8 Å². The molecule has 2 aromatic rings. The van der Waals surface area contributed by atoms with E-state index in [-0.39, 0.29) is 28.2 Å². The Morgan fingerprint density at radius 2 is 2.10 bits per heavy atom. The zero-order valence-corrected chi connectivity index (χ0v) is 19.3. The topological polar surface area (TPSA) is 122 Å². The van der Waals surface area contributed by atoms with Crippen LogP contribution >= 0.6 is 11.5 Å². The van der Waals surface area contributed by atoms with Gasteiger partial charge in [0.25, 0.3) is 10.0 Å². The highest BCUT2D eigenvalue weighted by molar-refractivity contribution is 7.93. The second-order valence-electron chi connectivity index (χ2n) is 8.67. The number of nitrogens with one attached hydrogen (secondary N) is 3. The van der Waals surface area contributed by atoms with E-state index in [1.54, 1.807) is 0 Å². The summed E-state index contributed by atoms with van der Waals surface area (Å²) in [5.74, 6) is -1.48. The van der Waals surface area contributed by atoms with Crippen LogP contribution in [0.5, 0.6) is 0 Å². The first-order valence-electron chi connectivity index (χ1n) is 9.98. The van der Waals surface area contributed by atoms with E-state index in [1.165, 1.54) is 0 Å². The summed E-state index contributed by atoms with van der Waals surface area (Å²) in [6.45, 7) is 8.47. The van der Waals surface area contributed by atoms with Crippen LogP contribution in [0.1, 0.15) is 27.2 Å². The van der Waals surface area contributed by atoms with Gasteiger partial charge in [0.1, 0.15) is 22.9 Å². The van der Waals surface area contributed by atoms with Gasteiger partial charge in [0.05, 0.1) is 5.69 Å². The summed E-state index contributed by atoms with van der Waals surface area (Å²) in [5, 5.41) is 6.27. The van der Waals surface area contributed by atoms with Gasteiger partial charge in [-0.15, -0.1) is 0 Å². The Labute approximate surface area is 185 Å². The molecule has 1 aromatic heterocycles. The molecule has 1 aliphatic heterocycles.